The lowest BCUT2D eigenvalue weighted by Gasteiger charge is -2.10. The van der Waals surface area contributed by atoms with Crippen molar-refractivity contribution in [3.05, 3.63) is 68.1 Å². The summed E-state index contributed by atoms with van der Waals surface area (Å²) in [5.41, 5.74) is 4.86. The molecule has 1 heterocycles. The summed E-state index contributed by atoms with van der Waals surface area (Å²) in [5.74, 6) is -0.926. The SMILES string of the molecule is O=C(NNC(=O)C1CC1)c1cccn(Cc2ccc(Cl)c(Cl)c2)c1=O. The van der Waals surface area contributed by atoms with Crippen LogP contribution in [0.2, 0.25) is 10.0 Å². The van der Waals surface area contributed by atoms with Gasteiger partial charge in [0.15, 0.2) is 0 Å². The molecule has 1 aromatic carbocycles. The third-order valence-electron chi connectivity index (χ3n) is 3.85. The molecule has 1 aliphatic rings. The van der Waals surface area contributed by atoms with Crippen LogP contribution < -0.4 is 16.4 Å². The third-order valence-corrected chi connectivity index (χ3v) is 4.59. The minimum atomic E-state index is -0.650. The van der Waals surface area contributed by atoms with Gasteiger partial charge in [0.1, 0.15) is 5.56 Å². The number of aromatic nitrogens is 1. The van der Waals surface area contributed by atoms with E-state index in [1.54, 1.807) is 30.5 Å². The summed E-state index contributed by atoms with van der Waals surface area (Å²) in [4.78, 5) is 36.2. The second-order valence-electron chi connectivity index (χ2n) is 5.82. The van der Waals surface area contributed by atoms with Crippen LogP contribution in [0.15, 0.2) is 41.3 Å². The summed E-state index contributed by atoms with van der Waals surface area (Å²) in [6.45, 7) is 0.241. The molecule has 0 unspecified atom stereocenters. The lowest BCUT2D eigenvalue weighted by atomic mass is 10.2. The van der Waals surface area contributed by atoms with Crippen molar-refractivity contribution in [2.75, 3.05) is 0 Å². The van der Waals surface area contributed by atoms with Crippen molar-refractivity contribution in [1.29, 1.82) is 0 Å². The number of benzene rings is 1. The van der Waals surface area contributed by atoms with Crippen LogP contribution >= 0.6 is 23.2 Å². The summed E-state index contributed by atoms with van der Waals surface area (Å²) >= 11 is 11.9. The first kappa shape index (κ1) is 17.5. The summed E-state index contributed by atoms with van der Waals surface area (Å²) in [6.07, 6.45) is 3.22. The van der Waals surface area contributed by atoms with Gasteiger partial charge in [0.2, 0.25) is 5.91 Å². The quantitative estimate of drug-likeness (QED) is 0.800. The molecule has 25 heavy (non-hydrogen) atoms. The number of hydrazine groups is 1. The standard InChI is InChI=1S/C17H15Cl2N3O3/c18-13-6-3-10(8-14(13)19)9-22-7-1-2-12(17(22)25)16(24)21-20-15(23)11-4-5-11/h1-3,6-8,11H,4-5,9H2,(H,20,23)(H,21,24). The molecule has 2 N–H and O–H groups in total. The molecule has 1 aromatic heterocycles. The molecular formula is C17H15Cl2N3O3. The fourth-order valence-corrected chi connectivity index (χ4v) is 2.62. The van der Waals surface area contributed by atoms with Crippen LogP contribution in [0.25, 0.3) is 0 Å². The Bertz CT molecular complexity index is 891. The Kier molecular flexibility index (Phi) is 5.11. The second-order valence-corrected chi connectivity index (χ2v) is 6.64. The highest BCUT2D eigenvalue weighted by Crippen LogP contribution is 2.28. The minimum absolute atomic E-state index is 0.0395. The van der Waals surface area contributed by atoms with E-state index in [0.29, 0.717) is 10.0 Å². The number of carbonyl (C=O) groups excluding carboxylic acids is 2. The Morgan fingerprint density at radius 2 is 1.88 bits per heavy atom. The van der Waals surface area contributed by atoms with Gasteiger partial charge in [0.25, 0.3) is 11.5 Å². The average molecular weight is 380 g/mol. The fraction of sp³-hybridized carbons (Fsp3) is 0.235. The van der Waals surface area contributed by atoms with E-state index >= 15 is 0 Å². The molecule has 8 heteroatoms. The lowest BCUT2D eigenvalue weighted by Crippen LogP contribution is -2.44. The molecule has 0 spiro atoms. The summed E-state index contributed by atoms with van der Waals surface area (Å²) < 4.78 is 1.39. The maximum atomic E-state index is 12.5. The van der Waals surface area contributed by atoms with E-state index in [0.717, 1.165) is 18.4 Å². The Labute approximate surface area is 153 Å². The van der Waals surface area contributed by atoms with Crippen molar-refractivity contribution in [3.63, 3.8) is 0 Å². The van der Waals surface area contributed by atoms with E-state index in [2.05, 4.69) is 10.9 Å². The van der Waals surface area contributed by atoms with Crippen LogP contribution in [0.5, 0.6) is 0 Å². The van der Waals surface area contributed by atoms with Gasteiger partial charge in [0.05, 0.1) is 16.6 Å². The zero-order valence-electron chi connectivity index (χ0n) is 13.1. The lowest BCUT2D eigenvalue weighted by molar-refractivity contribution is -0.123. The van der Waals surface area contributed by atoms with E-state index < -0.39 is 11.5 Å². The Morgan fingerprint density at radius 1 is 1.12 bits per heavy atom. The van der Waals surface area contributed by atoms with Crippen LogP contribution in [0.3, 0.4) is 0 Å². The van der Waals surface area contributed by atoms with E-state index in [9.17, 15) is 14.4 Å². The van der Waals surface area contributed by atoms with E-state index in [1.807, 2.05) is 0 Å². The van der Waals surface area contributed by atoms with Crippen LogP contribution in [0.4, 0.5) is 0 Å². The number of pyridine rings is 1. The fourth-order valence-electron chi connectivity index (χ4n) is 2.30. The van der Waals surface area contributed by atoms with E-state index in [4.69, 9.17) is 23.2 Å². The second kappa shape index (κ2) is 7.29. The van der Waals surface area contributed by atoms with Crippen molar-refractivity contribution >= 4 is 35.0 Å². The molecule has 1 aliphatic carbocycles. The van der Waals surface area contributed by atoms with E-state index in [-0.39, 0.29) is 23.9 Å². The maximum absolute atomic E-state index is 12.5. The summed E-state index contributed by atoms with van der Waals surface area (Å²) in [5, 5.41) is 0.821. The number of nitrogens with one attached hydrogen (secondary N) is 2. The largest absolute Gasteiger partial charge is 0.310 e. The number of rotatable bonds is 4. The van der Waals surface area contributed by atoms with Crippen molar-refractivity contribution < 1.29 is 9.59 Å². The molecule has 0 bridgehead atoms. The van der Waals surface area contributed by atoms with Crippen LogP contribution in [0, 0.1) is 5.92 Å². The van der Waals surface area contributed by atoms with Crippen LogP contribution in [-0.4, -0.2) is 16.4 Å². The third kappa shape index (κ3) is 4.21. The molecule has 0 atom stereocenters. The Balaban J connectivity index is 1.74. The highest BCUT2D eigenvalue weighted by atomic mass is 35.5. The molecule has 130 valence electrons. The van der Waals surface area contributed by atoms with Gasteiger partial charge in [0, 0.05) is 12.1 Å². The molecule has 1 saturated carbocycles. The molecule has 2 aromatic rings. The highest BCUT2D eigenvalue weighted by molar-refractivity contribution is 6.42. The highest BCUT2D eigenvalue weighted by Gasteiger charge is 2.29. The number of hydrogen-bond donors (Lipinski definition) is 2. The topological polar surface area (TPSA) is 80.2 Å². The molecule has 1 fully saturated rings. The monoisotopic (exact) mass is 379 g/mol. The Hall–Kier alpha value is -2.31. The zero-order valence-corrected chi connectivity index (χ0v) is 14.6. The van der Waals surface area contributed by atoms with Crippen molar-refractivity contribution in [3.8, 4) is 0 Å². The van der Waals surface area contributed by atoms with Crippen molar-refractivity contribution in [1.82, 2.24) is 15.4 Å². The van der Waals surface area contributed by atoms with Crippen molar-refractivity contribution in [2.45, 2.75) is 19.4 Å². The van der Waals surface area contributed by atoms with Gasteiger partial charge in [-0.1, -0.05) is 29.3 Å². The average Bonchev–Trinajstić information content (AvgIpc) is 3.42. The maximum Gasteiger partial charge on any atom is 0.275 e. The van der Waals surface area contributed by atoms with Gasteiger partial charge in [-0.25, -0.2) is 0 Å². The molecule has 3 rings (SSSR count). The number of halogens is 2. The first-order valence-corrected chi connectivity index (χ1v) is 8.45. The molecular weight excluding hydrogens is 365 g/mol. The molecule has 0 radical (unpaired) electrons. The Morgan fingerprint density at radius 3 is 2.56 bits per heavy atom. The first-order chi connectivity index (χ1) is 12.0. The van der Waals surface area contributed by atoms with Gasteiger partial charge in [-0.3, -0.25) is 25.2 Å². The van der Waals surface area contributed by atoms with Crippen LogP contribution in [0.1, 0.15) is 28.8 Å². The van der Waals surface area contributed by atoms with E-state index in [1.165, 1.54) is 10.6 Å². The summed E-state index contributed by atoms with van der Waals surface area (Å²) in [7, 11) is 0. The van der Waals surface area contributed by atoms with Gasteiger partial charge in [-0.05, 0) is 42.7 Å². The minimum Gasteiger partial charge on any atom is -0.310 e. The van der Waals surface area contributed by atoms with Gasteiger partial charge in [-0.15, -0.1) is 0 Å². The number of carbonyl (C=O) groups is 2. The van der Waals surface area contributed by atoms with Gasteiger partial charge in [-0.2, -0.15) is 0 Å². The van der Waals surface area contributed by atoms with Crippen LogP contribution in [-0.2, 0) is 11.3 Å². The van der Waals surface area contributed by atoms with Crippen molar-refractivity contribution in [2.24, 2.45) is 5.92 Å². The molecule has 2 amide bonds. The normalized spacial score (nSPS) is 13.4. The smallest absolute Gasteiger partial charge is 0.275 e. The molecule has 0 saturated heterocycles. The predicted molar refractivity (Wildman–Crippen MR) is 94.6 cm³/mol. The zero-order chi connectivity index (χ0) is 18.0. The number of hydrogen-bond acceptors (Lipinski definition) is 3. The molecule has 6 nitrogen and oxygen atoms in total. The van der Waals surface area contributed by atoms with Gasteiger partial charge >= 0.3 is 0 Å². The predicted octanol–water partition coefficient (Wildman–Crippen LogP) is 2.37. The number of nitrogens with zero attached hydrogens (tertiary/aromatic N) is 1. The number of amides is 2. The summed E-state index contributed by atoms with van der Waals surface area (Å²) in [6, 6.07) is 8.07. The first-order valence-electron chi connectivity index (χ1n) is 7.69. The van der Waals surface area contributed by atoms with Gasteiger partial charge < -0.3 is 4.57 Å². The molecule has 0 aliphatic heterocycles.